The zero-order valence-electron chi connectivity index (χ0n) is 16.3. The monoisotopic (exact) mass is 426 g/mol. The van der Waals surface area contributed by atoms with Gasteiger partial charge in [0.1, 0.15) is 16.1 Å². The molecule has 2 amide bonds. The number of hydrogen-bond donors (Lipinski definition) is 1. The average Bonchev–Trinajstić information content (AvgIpc) is 3.36. The van der Waals surface area contributed by atoms with Crippen LogP contribution in [0.2, 0.25) is 0 Å². The fourth-order valence-electron chi connectivity index (χ4n) is 3.54. The molecule has 3 heterocycles. The van der Waals surface area contributed by atoms with Crippen LogP contribution in [-0.2, 0) is 4.79 Å². The second-order valence-electron chi connectivity index (χ2n) is 7.14. The summed E-state index contributed by atoms with van der Waals surface area (Å²) in [6.45, 7) is 4.46. The third-order valence-electron chi connectivity index (χ3n) is 5.03. The Hall–Kier alpha value is -2.58. The maximum Gasteiger partial charge on any atom is 0.264 e. The SMILES string of the molecule is Cc1nnc(-c2cccc(NC(=O)C3CCCCN3C(=O)c3sccc3C)c2)s1. The number of hydrogen-bond acceptors (Lipinski definition) is 6. The molecule has 4 rings (SSSR count). The van der Waals surface area contributed by atoms with Gasteiger partial charge in [0.2, 0.25) is 5.91 Å². The lowest BCUT2D eigenvalue weighted by molar-refractivity contribution is -0.121. The van der Waals surface area contributed by atoms with Gasteiger partial charge in [0.15, 0.2) is 0 Å². The van der Waals surface area contributed by atoms with E-state index >= 15 is 0 Å². The summed E-state index contributed by atoms with van der Waals surface area (Å²) in [5.41, 5.74) is 2.58. The molecular formula is C21H22N4O2S2. The molecule has 6 nitrogen and oxygen atoms in total. The molecule has 0 saturated carbocycles. The minimum absolute atomic E-state index is 0.0459. The van der Waals surface area contributed by atoms with E-state index in [-0.39, 0.29) is 11.8 Å². The van der Waals surface area contributed by atoms with Crippen LogP contribution >= 0.6 is 22.7 Å². The van der Waals surface area contributed by atoms with Gasteiger partial charge in [-0.15, -0.1) is 21.5 Å². The highest BCUT2D eigenvalue weighted by molar-refractivity contribution is 7.14. The summed E-state index contributed by atoms with van der Waals surface area (Å²) in [4.78, 5) is 28.5. The summed E-state index contributed by atoms with van der Waals surface area (Å²) >= 11 is 2.95. The summed E-state index contributed by atoms with van der Waals surface area (Å²) in [5, 5.41) is 14.9. The fourth-order valence-corrected chi connectivity index (χ4v) is 5.11. The van der Waals surface area contributed by atoms with Crippen LogP contribution in [0.4, 0.5) is 5.69 Å². The molecule has 1 fully saturated rings. The minimum atomic E-state index is -0.454. The van der Waals surface area contributed by atoms with Gasteiger partial charge < -0.3 is 10.2 Å². The molecule has 1 unspecified atom stereocenters. The highest BCUT2D eigenvalue weighted by Gasteiger charge is 2.33. The van der Waals surface area contributed by atoms with Crippen LogP contribution in [0, 0.1) is 13.8 Å². The smallest absolute Gasteiger partial charge is 0.264 e. The molecule has 1 aromatic carbocycles. The summed E-state index contributed by atoms with van der Waals surface area (Å²) in [7, 11) is 0. The number of piperidine rings is 1. The van der Waals surface area contributed by atoms with Crippen LogP contribution < -0.4 is 5.32 Å². The Morgan fingerprint density at radius 3 is 2.76 bits per heavy atom. The number of nitrogens with zero attached hydrogens (tertiary/aromatic N) is 3. The third-order valence-corrected chi connectivity index (χ3v) is 6.92. The Morgan fingerprint density at radius 1 is 1.17 bits per heavy atom. The average molecular weight is 427 g/mol. The molecule has 1 N–H and O–H groups in total. The number of anilines is 1. The van der Waals surface area contributed by atoms with Gasteiger partial charge in [-0.25, -0.2) is 0 Å². The lowest BCUT2D eigenvalue weighted by atomic mass is 10.0. The Morgan fingerprint density at radius 2 is 2.03 bits per heavy atom. The second-order valence-corrected chi connectivity index (χ2v) is 9.24. The number of carbonyl (C=O) groups excluding carboxylic acids is 2. The van der Waals surface area contributed by atoms with E-state index < -0.39 is 6.04 Å². The van der Waals surface area contributed by atoms with Crippen molar-refractivity contribution in [3.8, 4) is 10.6 Å². The number of thiophene rings is 1. The van der Waals surface area contributed by atoms with Crippen LogP contribution in [0.25, 0.3) is 10.6 Å². The van der Waals surface area contributed by atoms with Crippen LogP contribution in [0.5, 0.6) is 0 Å². The summed E-state index contributed by atoms with van der Waals surface area (Å²) in [6, 6.07) is 9.08. The predicted molar refractivity (Wildman–Crippen MR) is 116 cm³/mol. The fraction of sp³-hybridized carbons (Fsp3) is 0.333. The highest BCUT2D eigenvalue weighted by Crippen LogP contribution is 2.27. The molecule has 0 aliphatic carbocycles. The summed E-state index contributed by atoms with van der Waals surface area (Å²) in [6.07, 6.45) is 2.54. The van der Waals surface area contributed by atoms with E-state index in [9.17, 15) is 9.59 Å². The van der Waals surface area contributed by atoms with Gasteiger partial charge in [0.05, 0.1) is 4.88 Å². The number of carbonyl (C=O) groups is 2. The minimum Gasteiger partial charge on any atom is -0.326 e. The molecule has 2 aromatic heterocycles. The molecule has 150 valence electrons. The van der Waals surface area contributed by atoms with Gasteiger partial charge in [-0.05, 0) is 62.3 Å². The maximum absolute atomic E-state index is 13.1. The van der Waals surface area contributed by atoms with E-state index in [1.807, 2.05) is 49.6 Å². The molecule has 1 aliphatic heterocycles. The van der Waals surface area contributed by atoms with Crippen molar-refractivity contribution in [1.82, 2.24) is 15.1 Å². The number of amides is 2. The van der Waals surface area contributed by atoms with Gasteiger partial charge >= 0.3 is 0 Å². The maximum atomic E-state index is 13.1. The zero-order valence-corrected chi connectivity index (χ0v) is 18.0. The van der Waals surface area contributed by atoms with Gasteiger partial charge in [-0.2, -0.15) is 0 Å². The van der Waals surface area contributed by atoms with Crippen LogP contribution in [0.3, 0.4) is 0 Å². The predicted octanol–water partition coefficient (Wildman–Crippen LogP) is 4.52. The largest absolute Gasteiger partial charge is 0.326 e. The normalized spacial score (nSPS) is 16.6. The first kappa shape index (κ1) is 19.7. The van der Waals surface area contributed by atoms with Crippen molar-refractivity contribution in [2.45, 2.75) is 39.2 Å². The van der Waals surface area contributed by atoms with E-state index in [4.69, 9.17) is 0 Å². The van der Waals surface area contributed by atoms with Crippen molar-refractivity contribution in [3.63, 3.8) is 0 Å². The van der Waals surface area contributed by atoms with E-state index in [2.05, 4.69) is 15.5 Å². The molecule has 3 aromatic rings. The van der Waals surface area contributed by atoms with E-state index in [1.54, 1.807) is 4.90 Å². The molecule has 8 heteroatoms. The number of nitrogens with one attached hydrogen (secondary N) is 1. The lowest BCUT2D eigenvalue weighted by Gasteiger charge is -2.34. The number of aryl methyl sites for hydroxylation is 2. The van der Waals surface area contributed by atoms with Crippen molar-refractivity contribution < 1.29 is 9.59 Å². The first-order valence-electron chi connectivity index (χ1n) is 9.59. The molecule has 1 saturated heterocycles. The zero-order chi connectivity index (χ0) is 20.4. The van der Waals surface area contributed by atoms with Crippen molar-refractivity contribution in [1.29, 1.82) is 0 Å². The van der Waals surface area contributed by atoms with Crippen molar-refractivity contribution in [2.75, 3.05) is 11.9 Å². The van der Waals surface area contributed by atoms with Gasteiger partial charge in [-0.3, -0.25) is 9.59 Å². The first-order chi connectivity index (χ1) is 14.0. The Bertz CT molecular complexity index is 1040. The third kappa shape index (κ3) is 4.23. The van der Waals surface area contributed by atoms with E-state index in [1.165, 1.54) is 22.7 Å². The van der Waals surface area contributed by atoms with E-state index in [0.717, 1.165) is 38.9 Å². The van der Waals surface area contributed by atoms with Crippen molar-refractivity contribution in [2.24, 2.45) is 0 Å². The number of benzene rings is 1. The van der Waals surface area contributed by atoms with Crippen LogP contribution in [-0.4, -0.2) is 39.5 Å². The van der Waals surface area contributed by atoms with Crippen LogP contribution in [0.15, 0.2) is 35.7 Å². The number of rotatable bonds is 4. The summed E-state index contributed by atoms with van der Waals surface area (Å²) < 4.78 is 0. The second kappa shape index (κ2) is 8.42. The summed E-state index contributed by atoms with van der Waals surface area (Å²) in [5.74, 6) is -0.187. The molecule has 1 atom stereocenters. The molecule has 0 spiro atoms. The molecular weight excluding hydrogens is 404 g/mol. The van der Waals surface area contributed by atoms with Crippen molar-refractivity contribution >= 4 is 40.2 Å². The number of likely N-dealkylation sites (tertiary alicyclic amines) is 1. The topological polar surface area (TPSA) is 75.2 Å². The first-order valence-corrected chi connectivity index (χ1v) is 11.3. The van der Waals surface area contributed by atoms with Gasteiger partial charge in [0.25, 0.3) is 5.91 Å². The molecule has 0 bridgehead atoms. The Kier molecular flexibility index (Phi) is 5.73. The lowest BCUT2D eigenvalue weighted by Crippen LogP contribution is -2.50. The van der Waals surface area contributed by atoms with E-state index in [0.29, 0.717) is 18.7 Å². The van der Waals surface area contributed by atoms with Gasteiger partial charge in [0, 0.05) is 17.8 Å². The Balaban J connectivity index is 1.52. The number of aromatic nitrogens is 2. The highest BCUT2D eigenvalue weighted by atomic mass is 32.1. The van der Waals surface area contributed by atoms with Gasteiger partial charge in [-0.1, -0.05) is 23.5 Å². The van der Waals surface area contributed by atoms with Crippen molar-refractivity contribution in [3.05, 3.63) is 51.2 Å². The Labute approximate surface area is 177 Å². The quantitative estimate of drug-likeness (QED) is 0.666. The van der Waals surface area contributed by atoms with Crippen LogP contribution in [0.1, 0.15) is 39.5 Å². The standard InChI is InChI=1S/C21H22N4O2S2/c1-13-9-11-28-18(13)21(27)25-10-4-3-8-17(25)19(26)22-16-7-5-6-15(12-16)20-24-23-14(2)29-20/h5-7,9,11-12,17H,3-4,8,10H2,1-2H3,(H,22,26). The molecule has 0 radical (unpaired) electrons. The molecule has 29 heavy (non-hydrogen) atoms. The molecule has 1 aliphatic rings.